The second kappa shape index (κ2) is 8.94. The summed E-state index contributed by atoms with van der Waals surface area (Å²) >= 11 is 3.34. The highest BCUT2D eigenvalue weighted by Gasteiger charge is 2.30. The number of hydrogen-bond donors (Lipinski definition) is 1. The molecule has 1 aliphatic heterocycles. The van der Waals surface area contributed by atoms with Crippen LogP contribution >= 0.6 is 15.9 Å². The number of pyridine rings is 1. The topological polar surface area (TPSA) is 74.8 Å². The fourth-order valence-corrected chi connectivity index (χ4v) is 2.98. The number of anilines is 1. The van der Waals surface area contributed by atoms with Crippen LogP contribution in [0.1, 0.15) is 6.42 Å². The molecule has 0 saturated carbocycles. The molecule has 1 saturated heterocycles. The Labute approximate surface area is 149 Å². The number of piperazine rings is 1. The van der Waals surface area contributed by atoms with Gasteiger partial charge < -0.3 is 15.0 Å². The first kappa shape index (κ1) is 18.6. The maximum Gasteiger partial charge on any atom is 0.226 e. The van der Waals surface area contributed by atoms with Crippen molar-refractivity contribution in [2.24, 2.45) is 0 Å². The van der Waals surface area contributed by atoms with E-state index in [-0.39, 0.29) is 17.7 Å². The highest BCUT2D eigenvalue weighted by atomic mass is 79.9. The Bertz CT molecular complexity index is 634. The molecule has 130 valence electrons. The molecule has 0 aromatic carbocycles. The molecule has 1 amide bonds. The third kappa shape index (κ3) is 5.14. The van der Waals surface area contributed by atoms with Gasteiger partial charge in [-0.2, -0.15) is 0 Å². The normalized spacial score (nSPS) is 18.7. The lowest BCUT2D eigenvalue weighted by Gasteiger charge is -2.39. The molecule has 24 heavy (non-hydrogen) atoms. The Hall–Kier alpha value is -1.73. The van der Waals surface area contributed by atoms with Crippen LogP contribution in [0.5, 0.6) is 0 Å². The molecule has 1 N–H and O–H groups in total. The molecular formula is C16H21BrN4O3. The third-order valence-electron chi connectivity index (χ3n) is 3.93. The number of rotatable bonds is 6. The van der Waals surface area contributed by atoms with Crippen molar-refractivity contribution in [1.29, 1.82) is 0 Å². The van der Waals surface area contributed by atoms with Gasteiger partial charge in [0.25, 0.3) is 0 Å². The molecule has 0 aliphatic carbocycles. The molecule has 1 unspecified atom stereocenters. The van der Waals surface area contributed by atoms with Crippen molar-refractivity contribution < 1.29 is 14.3 Å². The molecule has 2 rings (SSSR count). The van der Waals surface area contributed by atoms with E-state index in [0.717, 1.165) is 17.6 Å². The summed E-state index contributed by atoms with van der Waals surface area (Å²) in [4.78, 5) is 31.5. The molecular weight excluding hydrogens is 376 g/mol. The maximum atomic E-state index is 12.1. The van der Waals surface area contributed by atoms with Crippen LogP contribution in [0.15, 0.2) is 28.6 Å². The average Bonchev–Trinajstić information content (AvgIpc) is 2.55. The monoisotopic (exact) mass is 396 g/mol. The number of nitrogens with one attached hydrogen (secondary N) is 1. The molecule has 1 aromatic rings. The lowest BCUT2D eigenvalue weighted by Crippen LogP contribution is -2.53. The second-order valence-corrected chi connectivity index (χ2v) is 6.56. The number of ether oxygens (including phenoxy) is 1. The predicted octanol–water partition coefficient (Wildman–Crippen LogP) is 1.15. The van der Waals surface area contributed by atoms with Gasteiger partial charge in [-0.05, 0) is 19.2 Å². The fourth-order valence-electron chi connectivity index (χ4n) is 2.64. The lowest BCUT2D eigenvalue weighted by molar-refractivity contribution is -0.116. The number of carbonyl (C=O) groups is 1. The van der Waals surface area contributed by atoms with E-state index in [1.54, 1.807) is 18.3 Å². The number of halogens is 1. The predicted molar refractivity (Wildman–Crippen MR) is 94.3 cm³/mol. The van der Waals surface area contributed by atoms with Crippen molar-refractivity contribution in [3.63, 3.8) is 0 Å². The number of amides is 1. The molecule has 0 radical (unpaired) electrons. The molecule has 1 atom stereocenters. The first-order valence-corrected chi connectivity index (χ1v) is 8.45. The van der Waals surface area contributed by atoms with Crippen LogP contribution < -0.4 is 5.32 Å². The van der Waals surface area contributed by atoms with Crippen LogP contribution in [0.4, 0.5) is 5.82 Å². The molecule has 8 heteroatoms. The SMILES string of the molecule is COC(=C=O)C1CN(C)CCN1CCC(=O)Nc1cc(Br)ccn1. The Balaban J connectivity index is 1.93. The Morgan fingerprint density at radius 2 is 2.33 bits per heavy atom. The summed E-state index contributed by atoms with van der Waals surface area (Å²) in [6.45, 7) is 2.85. The van der Waals surface area contributed by atoms with Crippen molar-refractivity contribution >= 4 is 33.6 Å². The molecule has 7 nitrogen and oxygen atoms in total. The van der Waals surface area contributed by atoms with E-state index < -0.39 is 0 Å². The van der Waals surface area contributed by atoms with E-state index in [2.05, 4.69) is 36.0 Å². The van der Waals surface area contributed by atoms with Gasteiger partial charge in [0.05, 0.1) is 13.2 Å². The summed E-state index contributed by atoms with van der Waals surface area (Å²) in [5, 5.41) is 2.77. The number of nitrogens with zero attached hydrogens (tertiary/aromatic N) is 3. The fraction of sp³-hybridized carbons (Fsp3) is 0.500. The highest BCUT2D eigenvalue weighted by molar-refractivity contribution is 9.10. The van der Waals surface area contributed by atoms with Gasteiger partial charge >= 0.3 is 0 Å². The molecule has 1 aromatic heterocycles. The van der Waals surface area contributed by atoms with Crippen LogP contribution in [0, 0.1) is 0 Å². The van der Waals surface area contributed by atoms with Crippen LogP contribution in [0.3, 0.4) is 0 Å². The van der Waals surface area contributed by atoms with Crippen molar-refractivity contribution in [3.8, 4) is 0 Å². The Morgan fingerprint density at radius 3 is 3.00 bits per heavy atom. The van der Waals surface area contributed by atoms with Crippen molar-refractivity contribution in [2.75, 3.05) is 45.7 Å². The van der Waals surface area contributed by atoms with Crippen molar-refractivity contribution in [1.82, 2.24) is 14.8 Å². The van der Waals surface area contributed by atoms with Gasteiger partial charge in [-0.3, -0.25) is 9.69 Å². The van der Waals surface area contributed by atoms with Gasteiger partial charge in [-0.1, -0.05) is 15.9 Å². The first-order chi connectivity index (χ1) is 11.5. The smallest absolute Gasteiger partial charge is 0.226 e. The average molecular weight is 397 g/mol. The van der Waals surface area contributed by atoms with Gasteiger partial charge in [-0.25, -0.2) is 9.78 Å². The zero-order valence-electron chi connectivity index (χ0n) is 13.8. The summed E-state index contributed by atoms with van der Waals surface area (Å²) in [6, 6.07) is 3.36. The second-order valence-electron chi connectivity index (χ2n) is 5.64. The van der Waals surface area contributed by atoms with E-state index in [0.29, 0.717) is 25.3 Å². The van der Waals surface area contributed by atoms with Crippen molar-refractivity contribution in [2.45, 2.75) is 12.5 Å². The van der Waals surface area contributed by atoms with Gasteiger partial charge in [0.15, 0.2) is 11.7 Å². The molecule has 0 spiro atoms. The zero-order chi connectivity index (χ0) is 17.5. The summed E-state index contributed by atoms with van der Waals surface area (Å²) < 4.78 is 6.00. The summed E-state index contributed by atoms with van der Waals surface area (Å²) in [5.41, 5.74) is 0. The molecule has 1 fully saturated rings. The van der Waals surface area contributed by atoms with Gasteiger partial charge in [0, 0.05) is 43.3 Å². The van der Waals surface area contributed by atoms with Gasteiger partial charge in [0.1, 0.15) is 5.82 Å². The van der Waals surface area contributed by atoms with Gasteiger partial charge in [0.2, 0.25) is 5.91 Å². The number of aromatic nitrogens is 1. The first-order valence-electron chi connectivity index (χ1n) is 7.66. The van der Waals surface area contributed by atoms with E-state index in [1.807, 2.05) is 13.0 Å². The van der Waals surface area contributed by atoms with E-state index in [4.69, 9.17) is 4.74 Å². The molecule has 2 heterocycles. The number of hydrogen-bond acceptors (Lipinski definition) is 6. The van der Waals surface area contributed by atoms with E-state index >= 15 is 0 Å². The summed E-state index contributed by atoms with van der Waals surface area (Å²) in [7, 11) is 3.47. The van der Waals surface area contributed by atoms with E-state index in [9.17, 15) is 9.59 Å². The Kier molecular flexibility index (Phi) is 6.93. The van der Waals surface area contributed by atoms with Crippen LogP contribution in [0.2, 0.25) is 0 Å². The van der Waals surface area contributed by atoms with Crippen molar-refractivity contribution in [3.05, 3.63) is 28.6 Å². The number of methoxy groups -OCH3 is 1. The van der Waals surface area contributed by atoms with Crippen LogP contribution in [0.25, 0.3) is 0 Å². The summed E-state index contributed by atoms with van der Waals surface area (Å²) in [5.74, 6) is 2.53. The molecule has 0 bridgehead atoms. The minimum Gasteiger partial charge on any atom is -0.488 e. The minimum atomic E-state index is -0.178. The largest absolute Gasteiger partial charge is 0.488 e. The summed E-state index contributed by atoms with van der Waals surface area (Å²) in [6.07, 6.45) is 1.93. The third-order valence-corrected chi connectivity index (χ3v) is 4.43. The van der Waals surface area contributed by atoms with Gasteiger partial charge in [-0.15, -0.1) is 0 Å². The Morgan fingerprint density at radius 1 is 1.54 bits per heavy atom. The zero-order valence-corrected chi connectivity index (χ0v) is 15.4. The molecule has 1 aliphatic rings. The van der Waals surface area contributed by atoms with Crippen LogP contribution in [-0.2, 0) is 14.3 Å². The maximum absolute atomic E-state index is 12.1. The lowest BCUT2D eigenvalue weighted by atomic mass is 10.1. The minimum absolute atomic E-state index is 0.118. The van der Waals surface area contributed by atoms with Crippen LogP contribution in [-0.4, -0.2) is 73.0 Å². The number of carbonyl (C=O) groups excluding carboxylic acids is 2. The standard InChI is InChI=1S/C16H21BrN4O3/c1-20-7-8-21(13(10-20)14(11-22)24-2)6-4-16(23)19-15-9-12(17)3-5-18-15/h3,5,9,13H,4,6-8,10H2,1-2H3,(H,18,19,23). The van der Waals surface area contributed by atoms with E-state index in [1.165, 1.54) is 7.11 Å². The quantitative estimate of drug-likeness (QED) is 0.574. The number of likely N-dealkylation sites (N-methyl/N-ethyl adjacent to an activating group) is 1. The highest BCUT2D eigenvalue weighted by Crippen LogP contribution is 2.16.